The van der Waals surface area contributed by atoms with Crippen LogP contribution in [-0.4, -0.2) is 16.4 Å². The summed E-state index contributed by atoms with van der Waals surface area (Å²) in [6, 6.07) is 0. The smallest absolute Gasteiger partial charge is 1.00 e. The van der Waals surface area contributed by atoms with E-state index in [2.05, 4.69) is 11.4 Å². The van der Waals surface area contributed by atoms with Gasteiger partial charge in [0.15, 0.2) is 0 Å². The van der Waals surface area contributed by atoms with Crippen molar-refractivity contribution in [3.63, 3.8) is 0 Å². The van der Waals surface area contributed by atoms with E-state index >= 15 is 0 Å². The molecule has 0 aromatic rings. The summed E-state index contributed by atoms with van der Waals surface area (Å²) in [6.07, 6.45) is 20.7. The summed E-state index contributed by atoms with van der Waals surface area (Å²) in [5.41, 5.74) is 0. The molecule has 0 radical (unpaired) electrons. The molecule has 142 valence electrons. The molecule has 0 saturated carbocycles. The van der Waals surface area contributed by atoms with Crippen molar-refractivity contribution >= 4 is 7.82 Å². The minimum atomic E-state index is -4.26. The normalized spacial score (nSPS) is 11.5. The van der Waals surface area contributed by atoms with E-state index in [0.29, 0.717) is 0 Å². The number of phosphoric acid groups is 1. The van der Waals surface area contributed by atoms with Gasteiger partial charge in [0.1, 0.15) is 0 Å². The second-order valence-electron chi connectivity index (χ2n) is 6.63. The molecule has 0 saturated heterocycles. The molecule has 0 amide bonds. The Labute approximate surface area is 194 Å². The first-order chi connectivity index (χ1) is 11.1. The van der Waals surface area contributed by atoms with Crippen molar-refractivity contribution in [3.05, 3.63) is 0 Å². The van der Waals surface area contributed by atoms with Crippen LogP contribution in [0.5, 0.6) is 0 Å². The average Bonchev–Trinajstić information content (AvgIpc) is 2.49. The van der Waals surface area contributed by atoms with Crippen LogP contribution >= 0.6 is 7.82 Å². The van der Waals surface area contributed by atoms with E-state index < -0.39 is 7.82 Å². The molecule has 0 aromatic heterocycles. The zero-order valence-electron chi connectivity index (χ0n) is 17.2. The van der Waals surface area contributed by atoms with Gasteiger partial charge in [0.25, 0.3) is 0 Å². The molecule has 6 heteroatoms. The van der Waals surface area contributed by atoms with E-state index in [1.54, 1.807) is 0 Å². The quantitative estimate of drug-likeness (QED) is 0.214. The van der Waals surface area contributed by atoms with E-state index in [9.17, 15) is 4.57 Å². The van der Waals surface area contributed by atoms with Gasteiger partial charge in [-0.05, 0) is 6.42 Å². The summed E-state index contributed by atoms with van der Waals surface area (Å²) < 4.78 is 14.9. The molecule has 24 heavy (non-hydrogen) atoms. The molecule has 0 spiro atoms. The molecule has 0 aromatic carbocycles. The molecule has 0 aliphatic rings. The largest absolute Gasteiger partial charge is 1.00 e. The summed E-state index contributed by atoms with van der Waals surface area (Å²) in [5.74, 6) is 0. The van der Waals surface area contributed by atoms with Crippen LogP contribution in [0.3, 0.4) is 0 Å². The fourth-order valence-electron chi connectivity index (χ4n) is 2.83. The van der Waals surface area contributed by atoms with E-state index in [4.69, 9.17) is 9.79 Å². The maximum atomic E-state index is 10.5. The fourth-order valence-corrected chi connectivity index (χ4v) is 3.20. The third kappa shape index (κ3) is 26.0. The molecular weight excluding hydrogens is 350 g/mol. The van der Waals surface area contributed by atoms with E-state index in [-0.39, 0.29) is 59.4 Å². The van der Waals surface area contributed by atoms with Crippen molar-refractivity contribution < 1.29 is 71.7 Å². The van der Waals surface area contributed by atoms with Gasteiger partial charge in [-0.25, -0.2) is 4.57 Å². The predicted molar refractivity (Wildman–Crippen MR) is 98.7 cm³/mol. The summed E-state index contributed by atoms with van der Waals surface area (Å²) in [6.45, 7) is 2.43. The predicted octanol–water partition coefficient (Wildman–Crippen LogP) is 3.47. The van der Waals surface area contributed by atoms with Crippen molar-refractivity contribution in [2.75, 3.05) is 6.61 Å². The maximum Gasteiger partial charge on any atom is 1.00 e. The molecule has 0 aliphatic heterocycles. The SMILES string of the molecule is CCCCCCCCCCCCCCCCCCOP(=O)(O)O.[H-].[K+]. The third-order valence-corrected chi connectivity index (χ3v) is 4.78. The van der Waals surface area contributed by atoms with Crippen LogP contribution in [-0.2, 0) is 9.09 Å². The van der Waals surface area contributed by atoms with Gasteiger partial charge in [-0.1, -0.05) is 103 Å². The summed E-state index contributed by atoms with van der Waals surface area (Å²) in [4.78, 5) is 17.1. The molecule has 0 aliphatic carbocycles. The van der Waals surface area contributed by atoms with Crippen molar-refractivity contribution in [3.8, 4) is 0 Å². The van der Waals surface area contributed by atoms with Gasteiger partial charge in [-0.15, -0.1) is 0 Å². The van der Waals surface area contributed by atoms with Gasteiger partial charge in [0.05, 0.1) is 6.61 Å². The Bertz CT molecular complexity index is 290. The Morgan fingerprint density at radius 2 is 0.958 bits per heavy atom. The van der Waals surface area contributed by atoms with Gasteiger partial charge in [0, 0.05) is 0 Å². The first-order valence-corrected chi connectivity index (χ1v) is 11.3. The van der Waals surface area contributed by atoms with Gasteiger partial charge < -0.3 is 11.2 Å². The van der Waals surface area contributed by atoms with Crippen LogP contribution in [0, 0.1) is 0 Å². The number of unbranched alkanes of at least 4 members (excludes halogenated alkanes) is 15. The second kappa shape index (κ2) is 21.1. The minimum absolute atomic E-state index is 0. The van der Waals surface area contributed by atoms with Crippen LogP contribution in [0.1, 0.15) is 111 Å². The maximum absolute atomic E-state index is 10.5. The first kappa shape index (κ1) is 28.0. The van der Waals surface area contributed by atoms with E-state index in [0.717, 1.165) is 19.3 Å². The number of rotatable bonds is 18. The van der Waals surface area contributed by atoms with Gasteiger partial charge in [-0.3, -0.25) is 4.52 Å². The second-order valence-corrected chi connectivity index (χ2v) is 7.87. The zero-order valence-corrected chi connectivity index (χ0v) is 20.2. The Hall–Kier alpha value is 1.75. The Morgan fingerprint density at radius 3 is 1.25 bits per heavy atom. The molecule has 0 bridgehead atoms. The molecule has 0 atom stereocenters. The van der Waals surface area contributed by atoms with Crippen LogP contribution < -0.4 is 51.4 Å². The Balaban J connectivity index is -0.00000242. The molecule has 0 rings (SSSR count). The molecule has 0 unspecified atom stereocenters. The molecule has 2 N–H and O–H groups in total. The summed E-state index contributed by atoms with van der Waals surface area (Å²) in [7, 11) is -4.26. The molecule has 0 fully saturated rings. The van der Waals surface area contributed by atoms with Gasteiger partial charge >= 0.3 is 59.2 Å². The zero-order chi connectivity index (χ0) is 17.2. The molecule has 4 nitrogen and oxygen atoms in total. The van der Waals surface area contributed by atoms with E-state index in [1.165, 1.54) is 83.5 Å². The van der Waals surface area contributed by atoms with Crippen molar-refractivity contribution in [2.24, 2.45) is 0 Å². The monoisotopic (exact) mass is 390 g/mol. The van der Waals surface area contributed by atoms with Gasteiger partial charge in [0.2, 0.25) is 0 Å². The van der Waals surface area contributed by atoms with Crippen LogP contribution in [0.2, 0.25) is 0 Å². The third-order valence-electron chi connectivity index (χ3n) is 4.26. The average molecular weight is 391 g/mol. The summed E-state index contributed by atoms with van der Waals surface area (Å²) in [5, 5.41) is 0. The Kier molecular flexibility index (Phi) is 24.5. The number of hydrogen-bond donors (Lipinski definition) is 2. The number of phosphoric ester groups is 1. The van der Waals surface area contributed by atoms with Crippen molar-refractivity contribution in [1.82, 2.24) is 0 Å². The minimum Gasteiger partial charge on any atom is -1.00 e. The summed E-state index contributed by atoms with van der Waals surface area (Å²) >= 11 is 0. The van der Waals surface area contributed by atoms with E-state index in [1.807, 2.05) is 0 Å². The standard InChI is InChI=1S/C18H39O4P.K.H/c1-2-3-4-5-6-7-8-9-10-11-12-13-14-15-16-17-18-22-23(19,20)21;;/h2-18H2,1H3,(H2,19,20,21);;/q;+1;-1. The van der Waals surface area contributed by atoms with Crippen LogP contribution in [0.4, 0.5) is 0 Å². The van der Waals surface area contributed by atoms with Crippen molar-refractivity contribution in [1.29, 1.82) is 0 Å². The van der Waals surface area contributed by atoms with Crippen LogP contribution in [0.25, 0.3) is 0 Å². The van der Waals surface area contributed by atoms with Crippen molar-refractivity contribution in [2.45, 2.75) is 110 Å². The topological polar surface area (TPSA) is 66.8 Å². The first-order valence-electron chi connectivity index (χ1n) is 9.76. The van der Waals surface area contributed by atoms with Gasteiger partial charge in [-0.2, -0.15) is 0 Å². The number of hydrogen-bond acceptors (Lipinski definition) is 2. The molecule has 0 heterocycles. The fraction of sp³-hybridized carbons (Fsp3) is 1.00. The van der Waals surface area contributed by atoms with Crippen LogP contribution in [0.15, 0.2) is 0 Å². The molecular formula is C18H40KO4P. The Morgan fingerprint density at radius 1 is 0.667 bits per heavy atom.